The fourth-order valence-corrected chi connectivity index (χ4v) is 4.17. The van der Waals surface area contributed by atoms with Crippen LogP contribution in [0.15, 0.2) is 6.20 Å². The summed E-state index contributed by atoms with van der Waals surface area (Å²) in [6, 6.07) is -0.280. The predicted octanol–water partition coefficient (Wildman–Crippen LogP) is 2.91. The second kappa shape index (κ2) is 7.52. The molecule has 2 bridgehead atoms. The Morgan fingerprint density at radius 2 is 2.03 bits per heavy atom. The van der Waals surface area contributed by atoms with E-state index in [1.54, 1.807) is 11.8 Å². The van der Waals surface area contributed by atoms with Crippen molar-refractivity contribution in [1.82, 2.24) is 19.7 Å². The zero-order valence-electron chi connectivity index (χ0n) is 17.1. The Morgan fingerprint density at radius 3 is 2.77 bits per heavy atom. The molecule has 31 heavy (non-hydrogen) atoms. The van der Waals surface area contributed by atoms with E-state index in [4.69, 9.17) is 14.2 Å². The van der Waals surface area contributed by atoms with Crippen molar-refractivity contribution in [3.8, 4) is 5.75 Å². The average Bonchev–Trinajstić information content (AvgIpc) is 3.22. The molecule has 1 saturated carbocycles. The first-order chi connectivity index (χ1) is 14.8. The standard InChI is InChI=1S/C19H23F3N6O3/c1-9-15-17(28(27-9)11-3-12(4-11)29-2)26-18-23-5-13(19(20,21)22)16(25-18)24-14-8-30-6-10(14)7-31-15/h5,10-12,14H,3-4,6-8H2,1-2H3,(H2,23,24,25,26)/t10-,11?,12?,14+/m0/s1. The van der Waals surface area contributed by atoms with Crippen molar-refractivity contribution in [2.75, 3.05) is 37.6 Å². The van der Waals surface area contributed by atoms with Gasteiger partial charge in [0.05, 0.1) is 38.0 Å². The molecule has 0 spiro atoms. The lowest BCUT2D eigenvalue weighted by atomic mass is 9.89. The Morgan fingerprint density at radius 1 is 1.23 bits per heavy atom. The normalized spacial score (nSPS) is 27.6. The van der Waals surface area contributed by atoms with Crippen LogP contribution in [0.5, 0.6) is 5.75 Å². The summed E-state index contributed by atoms with van der Waals surface area (Å²) < 4.78 is 59.4. The van der Waals surface area contributed by atoms with E-state index < -0.39 is 11.7 Å². The molecule has 9 nitrogen and oxygen atoms in total. The van der Waals surface area contributed by atoms with Crippen molar-refractivity contribution in [2.24, 2.45) is 5.92 Å². The zero-order chi connectivity index (χ0) is 21.8. The first-order valence-corrected chi connectivity index (χ1v) is 10.1. The second-order valence-corrected chi connectivity index (χ2v) is 8.13. The van der Waals surface area contributed by atoms with Gasteiger partial charge in [-0.05, 0) is 19.8 Å². The van der Waals surface area contributed by atoms with Crippen molar-refractivity contribution in [1.29, 1.82) is 0 Å². The quantitative estimate of drug-likeness (QED) is 0.736. The molecule has 2 N–H and O–H groups in total. The number of rotatable bonds is 2. The molecule has 2 fully saturated rings. The van der Waals surface area contributed by atoms with Crippen LogP contribution in [0.4, 0.5) is 30.8 Å². The maximum absolute atomic E-state index is 13.5. The number of aryl methyl sites for hydroxylation is 1. The van der Waals surface area contributed by atoms with Gasteiger partial charge in [0.15, 0.2) is 11.6 Å². The molecule has 0 radical (unpaired) electrons. The van der Waals surface area contributed by atoms with Crippen LogP contribution >= 0.6 is 0 Å². The van der Waals surface area contributed by atoms with Gasteiger partial charge in [-0.3, -0.25) is 0 Å². The van der Waals surface area contributed by atoms with Crippen LogP contribution < -0.4 is 15.4 Å². The van der Waals surface area contributed by atoms with Crippen LogP contribution in [0.3, 0.4) is 0 Å². The molecule has 0 unspecified atom stereocenters. The van der Waals surface area contributed by atoms with Crippen molar-refractivity contribution >= 4 is 17.6 Å². The Balaban J connectivity index is 1.57. The van der Waals surface area contributed by atoms with Crippen LogP contribution in [-0.4, -0.2) is 58.8 Å². The monoisotopic (exact) mass is 440 g/mol. The highest BCUT2D eigenvalue weighted by atomic mass is 19.4. The van der Waals surface area contributed by atoms with Gasteiger partial charge in [-0.15, -0.1) is 0 Å². The highest BCUT2D eigenvalue weighted by molar-refractivity contribution is 5.62. The predicted molar refractivity (Wildman–Crippen MR) is 104 cm³/mol. The maximum atomic E-state index is 13.5. The van der Waals surface area contributed by atoms with E-state index in [2.05, 4.69) is 25.7 Å². The van der Waals surface area contributed by atoms with E-state index in [1.807, 2.05) is 6.92 Å². The van der Waals surface area contributed by atoms with Gasteiger partial charge in [-0.1, -0.05) is 0 Å². The second-order valence-electron chi connectivity index (χ2n) is 8.13. The molecule has 0 amide bonds. The minimum atomic E-state index is -4.59. The first kappa shape index (κ1) is 20.3. The van der Waals surface area contributed by atoms with Gasteiger partial charge in [0.1, 0.15) is 17.1 Å². The molecule has 2 aromatic rings. The molecule has 0 aromatic carbocycles. The molecule has 4 heterocycles. The fourth-order valence-electron chi connectivity index (χ4n) is 4.17. The number of nitrogens with one attached hydrogen (secondary N) is 2. The molecule has 2 aromatic heterocycles. The Kier molecular flexibility index (Phi) is 4.93. The number of nitrogens with zero attached hydrogens (tertiary/aromatic N) is 4. The lowest BCUT2D eigenvalue weighted by molar-refractivity contribution is -0.137. The summed E-state index contributed by atoms with van der Waals surface area (Å²) in [6.07, 6.45) is -2.07. The Hall–Kier alpha value is -2.60. The maximum Gasteiger partial charge on any atom is 0.421 e. The molecule has 2 aliphatic heterocycles. The van der Waals surface area contributed by atoms with Gasteiger partial charge in [0.25, 0.3) is 0 Å². The zero-order valence-corrected chi connectivity index (χ0v) is 17.1. The van der Waals surface area contributed by atoms with Crippen LogP contribution in [0.25, 0.3) is 0 Å². The molecule has 3 aliphatic rings. The van der Waals surface area contributed by atoms with Gasteiger partial charge in [-0.2, -0.15) is 23.3 Å². The smallest absolute Gasteiger partial charge is 0.421 e. The number of halogens is 3. The number of alkyl halides is 3. The van der Waals surface area contributed by atoms with Crippen LogP contribution in [0, 0.1) is 12.8 Å². The number of methoxy groups -OCH3 is 1. The summed E-state index contributed by atoms with van der Waals surface area (Å²) in [5.74, 6) is 0.676. The summed E-state index contributed by atoms with van der Waals surface area (Å²) >= 11 is 0. The molecular formula is C19H23F3N6O3. The molecule has 12 heteroatoms. The minimum Gasteiger partial charge on any atom is -0.487 e. The Labute approximate surface area is 176 Å². The summed E-state index contributed by atoms with van der Waals surface area (Å²) in [5.41, 5.74) is -0.242. The van der Waals surface area contributed by atoms with Crippen LogP contribution in [0.2, 0.25) is 0 Å². The van der Waals surface area contributed by atoms with Gasteiger partial charge in [0, 0.05) is 19.2 Å². The van der Waals surface area contributed by atoms with Crippen molar-refractivity contribution < 1.29 is 27.4 Å². The van der Waals surface area contributed by atoms with Crippen LogP contribution in [0.1, 0.15) is 30.1 Å². The van der Waals surface area contributed by atoms with Gasteiger partial charge < -0.3 is 24.8 Å². The minimum absolute atomic E-state index is 0.0291. The summed E-state index contributed by atoms with van der Waals surface area (Å²) in [4.78, 5) is 8.07. The third-order valence-electron chi connectivity index (χ3n) is 6.07. The van der Waals surface area contributed by atoms with Gasteiger partial charge in [-0.25, -0.2) is 9.67 Å². The van der Waals surface area contributed by atoms with E-state index in [1.165, 1.54) is 0 Å². The molecule has 168 valence electrons. The molecule has 2 atom stereocenters. The highest BCUT2D eigenvalue weighted by Gasteiger charge is 2.39. The Bertz CT molecular complexity index is 976. The number of hydrogen-bond acceptors (Lipinski definition) is 8. The highest BCUT2D eigenvalue weighted by Crippen LogP contribution is 2.42. The average molecular weight is 440 g/mol. The lowest BCUT2D eigenvalue weighted by Crippen LogP contribution is -2.33. The SMILES string of the molecule is COC1CC(n2nc(C)c3c2Nc2ncc(C(F)(F)F)c(n2)N[C@@H]2COC[C@H]2CO3)C1. The van der Waals surface area contributed by atoms with E-state index in [-0.39, 0.29) is 49.1 Å². The number of hydrogen-bond donors (Lipinski definition) is 2. The molecule has 5 rings (SSSR count). The van der Waals surface area contributed by atoms with Crippen LogP contribution in [-0.2, 0) is 15.7 Å². The lowest BCUT2D eigenvalue weighted by Gasteiger charge is -2.35. The number of fused-ring (bicyclic) bond motifs is 4. The fraction of sp³-hybridized carbons (Fsp3) is 0.632. The third kappa shape index (κ3) is 3.67. The van der Waals surface area contributed by atoms with E-state index in [0.29, 0.717) is 23.9 Å². The molecule has 1 saturated heterocycles. The first-order valence-electron chi connectivity index (χ1n) is 10.1. The molecular weight excluding hydrogens is 417 g/mol. The largest absolute Gasteiger partial charge is 0.487 e. The number of ether oxygens (including phenoxy) is 3. The van der Waals surface area contributed by atoms with Gasteiger partial charge in [0.2, 0.25) is 5.95 Å². The van der Waals surface area contributed by atoms with Crippen molar-refractivity contribution in [3.63, 3.8) is 0 Å². The van der Waals surface area contributed by atoms with Gasteiger partial charge >= 0.3 is 6.18 Å². The molecule has 1 aliphatic carbocycles. The topological polar surface area (TPSA) is 95.4 Å². The number of aromatic nitrogens is 4. The number of anilines is 3. The summed E-state index contributed by atoms with van der Waals surface area (Å²) in [7, 11) is 1.67. The third-order valence-corrected chi connectivity index (χ3v) is 6.07. The summed E-state index contributed by atoms with van der Waals surface area (Å²) in [6.45, 7) is 2.76. The van der Waals surface area contributed by atoms with Crippen molar-refractivity contribution in [2.45, 2.75) is 44.1 Å². The van der Waals surface area contributed by atoms with E-state index >= 15 is 0 Å². The van der Waals surface area contributed by atoms with E-state index in [0.717, 1.165) is 19.0 Å². The summed E-state index contributed by atoms with van der Waals surface area (Å²) in [5, 5.41) is 10.6. The van der Waals surface area contributed by atoms with Crippen molar-refractivity contribution in [3.05, 3.63) is 17.5 Å². The van der Waals surface area contributed by atoms with E-state index in [9.17, 15) is 13.2 Å².